The second-order valence-electron chi connectivity index (χ2n) is 13.7. The minimum absolute atomic E-state index is 0.0107. The molecule has 0 unspecified atom stereocenters. The summed E-state index contributed by atoms with van der Waals surface area (Å²) in [5.74, 6) is -1.57. The highest BCUT2D eigenvalue weighted by Gasteiger charge is 2.28. The molecule has 2 heterocycles. The fourth-order valence-electron chi connectivity index (χ4n) is 7.37. The average Bonchev–Trinajstić information content (AvgIpc) is 3.20. The minimum atomic E-state index is -0.682. The van der Waals surface area contributed by atoms with Crippen molar-refractivity contribution in [2.75, 3.05) is 13.7 Å². The number of methoxy groups -OCH3 is 1. The van der Waals surface area contributed by atoms with Gasteiger partial charge in [-0.05, 0) is 61.2 Å². The number of hydrogen-bond donors (Lipinski definition) is 0. The average molecular weight is 801 g/mol. The standard InChI is InChI=1S/C45H32Cl3N3O5/c1-24-9-11-27(12-10-24)23-51(18-17-26-7-5-4-6-8-26)43(52)31-15-13-30-39-37(31)33(44(53)55-3)22-50-41(39)29-14-16-32(36-25(2)21-49-40(30)38(29)36)45(54)56-42-34(47)19-28(46)20-35(42)48/h4-16,19-22H,17-18,23H2,1-3H3. The SMILES string of the molecule is COC(=O)c1cnc2c3ccc(C(=O)Oc4c(Cl)cc(Cl)cc4Cl)c4c(C)cnc(c5ccc(C(=O)N(CCc6ccccc6)Cc6ccc(C)cc6)c1c52)c43. The quantitative estimate of drug-likeness (QED) is 0.0620. The molecule has 0 aliphatic rings. The molecule has 0 saturated carbocycles. The zero-order valence-corrected chi connectivity index (χ0v) is 32.7. The molecule has 0 bridgehead atoms. The summed E-state index contributed by atoms with van der Waals surface area (Å²) in [5, 5.41) is 4.05. The van der Waals surface area contributed by atoms with E-state index in [1.165, 1.54) is 25.4 Å². The Hall–Kier alpha value is -5.80. The number of nitrogens with zero attached hydrogens (tertiary/aromatic N) is 3. The number of aryl methyl sites for hydroxylation is 2. The van der Waals surface area contributed by atoms with Gasteiger partial charge in [-0.25, -0.2) is 9.59 Å². The number of esters is 2. The molecule has 278 valence electrons. The van der Waals surface area contributed by atoms with Crippen LogP contribution < -0.4 is 4.74 Å². The first-order chi connectivity index (χ1) is 27.0. The van der Waals surface area contributed by atoms with Gasteiger partial charge >= 0.3 is 11.9 Å². The van der Waals surface area contributed by atoms with E-state index < -0.39 is 11.9 Å². The number of halogens is 3. The number of pyridine rings is 2. The van der Waals surface area contributed by atoms with Crippen LogP contribution in [0.15, 0.2) is 103 Å². The zero-order valence-electron chi connectivity index (χ0n) is 30.5. The van der Waals surface area contributed by atoms with Crippen molar-refractivity contribution in [2.24, 2.45) is 0 Å². The molecular formula is C45H32Cl3N3O5. The van der Waals surface area contributed by atoms with E-state index in [9.17, 15) is 14.4 Å². The van der Waals surface area contributed by atoms with Gasteiger partial charge < -0.3 is 14.4 Å². The Kier molecular flexibility index (Phi) is 9.97. The van der Waals surface area contributed by atoms with Crippen LogP contribution in [0.25, 0.3) is 43.4 Å². The lowest BCUT2D eigenvalue weighted by atomic mass is 9.88. The summed E-state index contributed by atoms with van der Waals surface area (Å²) in [5.41, 5.74) is 5.73. The van der Waals surface area contributed by atoms with Gasteiger partial charge in [0.15, 0.2) is 5.75 Å². The monoisotopic (exact) mass is 799 g/mol. The molecule has 0 saturated heterocycles. The van der Waals surface area contributed by atoms with E-state index in [4.69, 9.17) is 54.2 Å². The van der Waals surface area contributed by atoms with E-state index in [0.29, 0.717) is 79.0 Å². The van der Waals surface area contributed by atoms with Crippen LogP contribution in [0.5, 0.6) is 5.75 Å². The van der Waals surface area contributed by atoms with Gasteiger partial charge in [0.2, 0.25) is 0 Å². The number of hydrogen-bond acceptors (Lipinski definition) is 7. The Morgan fingerprint density at radius 2 is 1.29 bits per heavy atom. The van der Waals surface area contributed by atoms with E-state index in [1.54, 1.807) is 24.4 Å². The maximum Gasteiger partial charge on any atom is 0.344 e. The predicted octanol–water partition coefficient (Wildman–Crippen LogP) is 11.0. The fraction of sp³-hybridized carbons (Fsp3) is 0.133. The van der Waals surface area contributed by atoms with E-state index in [1.807, 2.05) is 79.4 Å². The normalized spacial score (nSPS) is 11.5. The summed E-state index contributed by atoms with van der Waals surface area (Å²) in [6, 6.07) is 28.0. The van der Waals surface area contributed by atoms with Gasteiger partial charge in [-0.3, -0.25) is 14.8 Å². The highest BCUT2D eigenvalue weighted by molar-refractivity contribution is 6.40. The lowest BCUT2D eigenvalue weighted by Crippen LogP contribution is -2.33. The number of rotatable bonds is 9. The van der Waals surface area contributed by atoms with Crippen LogP contribution in [0.1, 0.15) is 53.3 Å². The third-order valence-corrected chi connectivity index (χ3v) is 10.9. The molecule has 0 N–H and O–H groups in total. The number of benzene rings is 6. The topological polar surface area (TPSA) is 98.7 Å². The molecule has 11 heteroatoms. The maximum atomic E-state index is 14.9. The number of aromatic nitrogens is 2. The molecule has 0 atom stereocenters. The fourth-order valence-corrected chi connectivity index (χ4v) is 8.27. The zero-order chi connectivity index (χ0) is 39.2. The van der Waals surface area contributed by atoms with Crippen molar-refractivity contribution in [1.82, 2.24) is 14.9 Å². The van der Waals surface area contributed by atoms with Crippen LogP contribution in [0.4, 0.5) is 0 Å². The van der Waals surface area contributed by atoms with Crippen LogP contribution in [0.3, 0.4) is 0 Å². The van der Waals surface area contributed by atoms with E-state index in [2.05, 4.69) is 0 Å². The Morgan fingerprint density at radius 3 is 1.95 bits per heavy atom. The summed E-state index contributed by atoms with van der Waals surface area (Å²) < 4.78 is 11.0. The molecule has 56 heavy (non-hydrogen) atoms. The van der Waals surface area contributed by atoms with Gasteiger partial charge in [-0.15, -0.1) is 0 Å². The minimum Gasteiger partial charge on any atom is -0.465 e. The first kappa shape index (κ1) is 37.1. The third kappa shape index (κ3) is 6.64. The lowest BCUT2D eigenvalue weighted by molar-refractivity contribution is 0.0602. The Bertz CT molecular complexity index is 2820. The molecule has 6 aromatic carbocycles. The van der Waals surface area contributed by atoms with Gasteiger partial charge in [-0.2, -0.15) is 0 Å². The van der Waals surface area contributed by atoms with Crippen molar-refractivity contribution in [3.8, 4) is 5.75 Å². The number of ether oxygens (including phenoxy) is 2. The molecule has 0 aliphatic carbocycles. The Morgan fingerprint density at radius 1 is 0.661 bits per heavy atom. The van der Waals surface area contributed by atoms with Crippen molar-refractivity contribution >= 4 is 96.0 Å². The summed E-state index contributed by atoms with van der Waals surface area (Å²) in [6.07, 6.45) is 3.76. The van der Waals surface area contributed by atoms with Crippen molar-refractivity contribution in [3.05, 3.63) is 157 Å². The highest BCUT2D eigenvalue weighted by Crippen LogP contribution is 2.43. The largest absolute Gasteiger partial charge is 0.465 e. The molecule has 0 fully saturated rings. The summed E-state index contributed by atoms with van der Waals surface area (Å²) in [7, 11) is 1.30. The summed E-state index contributed by atoms with van der Waals surface area (Å²) in [6.45, 7) is 4.66. The molecule has 0 spiro atoms. The van der Waals surface area contributed by atoms with Gasteiger partial charge in [0.1, 0.15) is 0 Å². The van der Waals surface area contributed by atoms with Crippen LogP contribution in [0, 0.1) is 13.8 Å². The van der Waals surface area contributed by atoms with Crippen LogP contribution in [0.2, 0.25) is 15.1 Å². The van der Waals surface area contributed by atoms with Gasteiger partial charge in [0.25, 0.3) is 5.91 Å². The van der Waals surface area contributed by atoms with Gasteiger partial charge in [-0.1, -0.05) is 107 Å². The van der Waals surface area contributed by atoms with Crippen molar-refractivity contribution < 1.29 is 23.9 Å². The maximum absolute atomic E-state index is 14.9. The number of amides is 1. The summed E-state index contributed by atoms with van der Waals surface area (Å²) in [4.78, 5) is 53.7. The van der Waals surface area contributed by atoms with Crippen LogP contribution in [-0.2, 0) is 17.7 Å². The lowest BCUT2D eigenvalue weighted by Gasteiger charge is -2.25. The molecular weight excluding hydrogens is 769 g/mol. The van der Waals surface area contributed by atoms with E-state index in [0.717, 1.165) is 16.7 Å². The number of carbonyl (C=O) groups excluding carboxylic acids is 3. The van der Waals surface area contributed by atoms with E-state index in [-0.39, 0.29) is 32.8 Å². The van der Waals surface area contributed by atoms with Gasteiger partial charge in [0, 0.05) is 68.4 Å². The first-order valence-electron chi connectivity index (χ1n) is 17.8. The van der Waals surface area contributed by atoms with Crippen LogP contribution >= 0.6 is 34.8 Å². The Labute approximate surface area is 336 Å². The second-order valence-corrected chi connectivity index (χ2v) is 14.9. The van der Waals surface area contributed by atoms with Crippen molar-refractivity contribution in [2.45, 2.75) is 26.8 Å². The molecule has 1 amide bonds. The van der Waals surface area contributed by atoms with Gasteiger partial charge in [0.05, 0.1) is 39.3 Å². The highest BCUT2D eigenvalue weighted by atomic mass is 35.5. The summed E-state index contributed by atoms with van der Waals surface area (Å²) >= 11 is 18.8. The molecule has 8 rings (SSSR count). The number of fused-ring (bicyclic) bond motifs is 2. The predicted molar refractivity (Wildman–Crippen MR) is 222 cm³/mol. The third-order valence-electron chi connectivity index (χ3n) is 10.1. The first-order valence-corrected chi connectivity index (χ1v) is 18.9. The molecule has 8 nitrogen and oxygen atoms in total. The molecule has 2 aromatic heterocycles. The smallest absolute Gasteiger partial charge is 0.344 e. The molecule has 8 aromatic rings. The van der Waals surface area contributed by atoms with Crippen molar-refractivity contribution in [1.29, 1.82) is 0 Å². The molecule has 0 aliphatic heterocycles. The molecule has 0 radical (unpaired) electrons. The van der Waals surface area contributed by atoms with Crippen LogP contribution in [-0.4, -0.2) is 46.4 Å². The van der Waals surface area contributed by atoms with Crippen molar-refractivity contribution in [3.63, 3.8) is 0 Å². The second kappa shape index (κ2) is 15.0. The Balaban J connectivity index is 1.32. The number of carbonyl (C=O) groups is 3. The van der Waals surface area contributed by atoms with E-state index >= 15 is 0 Å².